The summed E-state index contributed by atoms with van der Waals surface area (Å²) in [5.41, 5.74) is -12.4. The Kier molecular flexibility index (Phi) is 7.71. The van der Waals surface area contributed by atoms with Crippen LogP contribution in [0.1, 0.15) is 39.5 Å². The molecule has 0 fully saturated rings. The molecule has 0 saturated heterocycles. The second-order valence-electron chi connectivity index (χ2n) is 4.80. The summed E-state index contributed by atoms with van der Waals surface area (Å²) in [6, 6.07) is -4.72. The molecule has 0 aliphatic heterocycles. The van der Waals surface area contributed by atoms with Gasteiger partial charge >= 0.3 is 37.3 Å². The van der Waals surface area contributed by atoms with Crippen LogP contribution in [0.2, 0.25) is 0 Å². The highest BCUT2D eigenvalue weighted by molar-refractivity contribution is 7.88. The zero-order valence-corrected chi connectivity index (χ0v) is 14.5. The van der Waals surface area contributed by atoms with E-state index in [1.807, 2.05) is 0 Å². The van der Waals surface area contributed by atoms with Crippen LogP contribution in [-0.4, -0.2) is 33.9 Å². The molecule has 0 rings (SSSR count). The summed E-state index contributed by atoms with van der Waals surface area (Å²) < 4.78 is 139. The number of unbranched alkanes of at least 4 members (excludes halogenated alkanes) is 1. The third kappa shape index (κ3) is 6.21. The first-order chi connectivity index (χ1) is 10.9. The Hall–Kier alpha value is -0.670. The van der Waals surface area contributed by atoms with Crippen molar-refractivity contribution < 1.29 is 55.9 Å². The largest absolute Gasteiger partial charge is 0.523 e. The number of hydrogen-bond acceptors (Lipinski definition) is 6. The summed E-state index contributed by atoms with van der Waals surface area (Å²) in [5.74, 6) is -2.04. The molecule has 0 aromatic carbocycles. The van der Waals surface area contributed by atoms with Crippen molar-refractivity contribution in [2.24, 2.45) is 5.92 Å². The predicted molar refractivity (Wildman–Crippen MR) is 69.3 cm³/mol. The summed E-state index contributed by atoms with van der Waals surface area (Å²) >= 11 is 0. The van der Waals surface area contributed by atoms with Gasteiger partial charge < -0.3 is 0 Å². The van der Waals surface area contributed by atoms with E-state index in [-0.39, 0.29) is 6.42 Å². The fraction of sp³-hybridized carbons (Fsp3) is 1.00. The van der Waals surface area contributed by atoms with Crippen molar-refractivity contribution in [1.82, 2.24) is 0 Å². The first kappa shape index (κ1) is 24.3. The lowest BCUT2D eigenvalue weighted by Gasteiger charge is -2.31. The van der Waals surface area contributed by atoms with Crippen LogP contribution < -0.4 is 0 Å². The van der Waals surface area contributed by atoms with E-state index in [9.17, 15) is 47.6 Å². The van der Waals surface area contributed by atoms with Gasteiger partial charge in [0.1, 0.15) is 0 Å². The van der Waals surface area contributed by atoms with Crippen LogP contribution in [0.4, 0.5) is 30.7 Å². The lowest BCUT2D eigenvalue weighted by atomic mass is 9.98. The molecule has 0 N–H and O–H groups in total. The van der Waals surface area contributed by atoms with Crippen LogP contribution in [-0.2, 0) is 28.6 Å². The molecule has 0 bridgehead atoms. The van der Waals surface area contributed by atoms with Crippen LogP contribution in [0.25, 0.3) is 0 Å². The van der Waals surface area contributed by atoms with Crippen molar-refractivity contribution in [3.05, 3.63) is 0 Å². The van der Waals surface area contributed by atoms with Crippen molar-refractivity contribution >= 4 is 20.2 Å². The molecule has 1 unspecified atom stereocenters. The Morgan fingerprint density at radius 2 is 1.16 bits per heavy atom. The van der Waals surface area contributed by atoms with Gasteiger partial charge in [-0.2, -0.15) is 55.9 Å². The van der Waals surface area contributed by atoms with Gasteiger partial charge in [0.05, 0.1) is 0 Å². The minimum Gasteiger partial charge on any atom is -0.196 e. The molecule has 0 saturated carbocycles. The summed E-state index contributed by atoms with van der Waals surface area (Å²) in [5, 5.41) is 0. The predicted octanol–water partition coefficient (Wildman–Crippen LogP) is 3.56. The second kappa shape index (κ2) is 7.92. The molecule has 0 aliphatic rings. The Morgan fingerprint density at radius 3 is 1.40 bits per heavy atom. The summed E-state index contributed by atoms with van der Waals surface area (Å²) in [7, 11) is -13.6. The van der Waals surface area contributed by atoms with E-state index in [2.05, 4.69) is 8.37 Å². The fourth-order valence-corrected chi connectivity index (χ4v) is 2.79. The maximum atomic E-state index is 14.6. The second-order valence-corrected chi connectivity index (χ2v) is 7.87. The maximum Gasteiger partial charge on any atom is 0.523 e. The van der Waals surface area contributed by atoms with Gasteiger partial charge in [0.2, 0.25) is 0 Å². The lowest BCUT2D eigenvalue weighted by molar-refractivity contribution is -0.260. The SMILES string of the molecule is CCCCC(CC)C(F)(OS(=O)(=O)C(F)(F)F)OS(=O)(=O)C(F)(F)F. The van der Waals surface area contributed by atoms with E-state index in [1.54, 1.807) is 0 Å². The smallest absolute Gasteiger partial charge is 0.196 e. The van der Waals surface area contributed by atoms with E-state index in [0.29, 0.717) is 6.42 Å². The minimum absolute atomic E-state index is 0.0228. The zero-order chi connectivity index (χ0) is 20.3. The third-order valence-corrected chi connectivity index (χ3v) is 4.93. The van der Waals surface area contributed by atoms with Crippen molar-refractivity contribution in [3.8, 4) is 0 Å². The number of hydrogen-bond donors (Lipinski definition) is 0. The molecule has 0 amide bonds. The quantitative estimate of drug-likeness (QED) is 0.242. The van der Waals surface area contributed by atoms with Gasteiger partial charge in [-0.1, -0.05) is 26.7 Å². The van der Waals surface area contributed by atoms with Crippen LogP contribution in [0.15, 0.2) is 0 Å². The lowest BCUT2D eigenvalue weighted by Crippen LogP contribution is -2.47. The molecule has 0 aromatic heterocycles. The molecule has 0 spiro atoms. The zero-order valence-electron chi connectivity index (χ0n) is 12.8. The molecule has 0 radical (unpaired) electrons. The average Bonchev–Trinajstić information content (AvgIpc) is 2.35. The standard InChI is InChI=1S/C10H15F7O6S2/c1-3-5-6-7(4-2)8(11,22-24(18,19)9(12,13)14)23-25(20,21)10(15,16)17/h7H,3-6H2,1-2H3. The molecular weight excluding hydrogens is 413 g/mol. The van der Waals surface area contributed by atoms with Crippen LogP contribution >= 0.6 is 0 Å². The molecule has 152 valence electrons. The van der Waals surface area contributed by atoms with E-state index in [0.717, 1.165) is 6.92 Å². The van der Waals surface area contributed by atoms with Gasteiger partial charge in [-0.05, 0) is 12.8 Å². The number of alkyl halides is 7. The van der Waals surface area contributed by atoms with Crippen molar-refractivity contribution in [3.63, 3.8) is 0 Å². The van der Waals surface area contributed by atoms with Gasteiger partial charge in [0.25, 0.3) is 0 Å². The summed E-state index contributed by atoms with van der Waals surface area (Å²) in [4.78, 5) is 0. The summed E-state index contributed by atoms with van der Waals surface area (Å²) in [6.07, 6.45) is -0.749. The van der Waals surface area contributed by atoms with Crippen LogP contribution in [0.5, 0.6) is 0 Å². The molecule has 6 nitrogen and oxygen atoms in total. The highest BCUT2D eigenvalue weighted by Crippen LogP contribution is 2.41. The van der Waals surface area contributed by atoms with E-state index in [1.165, 1.54) is 6.92 Å². The minimum atomic E-state index is -6.79. The van der Waals surface area contributed by atoms with Crippen molar-refractivity contribution in [2.75, 3.05) is 0 Å². The third-order valence-electron chi connectivity index (χ3n) is 2.90. The number of rotatable bonds is 9. The molecular formula is C10H15F7O6S2. The normalized spacial score (nSPS) is 16.0. The molecule has 1 atom stereocenters. The Balaban J connectivity index is 6.06. The van der Waals surface area contributed by atoms with Crippen LogP contribution in [0, 0.1) is 5.92 Å². The Bertz CT molecular complexity index is 592. The average molecular weight is 428 g/mol. The molecule has 0 aromatic rings. The first-order valence-corrected chi connectivity index (χ1v) is 9.48. The summed E-state index contributed by atoms with van der Waals surface area (Å²) in [6.45, 7) is 2.61. The van der Waals surface area contributed by atoms with Crippen LogP contribution in [0.3, 0.4) is 0 Å². The van der Waals surface area contributed by atoms with E-state index < -0.39 is 56.1 Å². The van der Waals surface area contributed by atoms with Gasteiger partial charge in [-0.25, -0.2) is 0 Å². The van der Waals surface area contributed by atoms with Gasteiger partial charge in [-0.3, -0.25) is 0 Å². The Morgan fingerprint density at radius 1 is 0.800 bits per heavy atom. The molecule has 0 aliphatic carbocycles. The van der Waals surface area contributed by atoms with E-state index in [4.69, 9.17) is 0 Å². The highest BCUT2D eigenvalue weighted by Gasteiger charge is 2.60. The Labute approximate surface area is 139 Å². The van der Waals surface area contributed by atoms with Gasteiger partial charge in [0.15, 0.2) is 0 Å². The monoisotopic (exact) mass is 428 g/mol. The molecule has 15 heteroatoms. The van der Waals surface area contributed by atoms with Crippen molar-refractivity contribution in [1.29, 1.82) is 0 Å². The van der Waals surface area contributed by atoms with Gasteiger partial charge in [-0.15, -0.1) is 0 Å². The van der Waals surface area contributed by atoms with Gasteiger partial charge in [0, 0.05) is 5.92 Å². The fourth-order valence-electron chi connectivity index (χ4n) is 1.61. The maximum absolute atomic E-state index is 14.6. The van der Waals surface area contributed by atoms with Crippen molar-refractivity contribution in [2.45, 2.75) is 56.6 Å². The highest BCUT2D eigenvalue weighted by atomic mass is 32.2. The molecule has 0 heterocycles. The molecule has 25 heavy (non-hydrogen) atoms. The van der Waals surface area contributed by atoms with E-state index >= 15 is 0 Å². The number of halogens is 7. The first-order valence-electron chi connectivity index (χ1n) is 6.66. The topological polar surface area (TPSA) is 86.7 Å².